The van der Waals surface area contributed by atoms with Crippen LogP contribution in [0.2, 0.25) is 5.02 Å². The highest BCUT2D eigenvalue weighted by Crippen LogP contribution is 2.29. The molecule has 29 heavy (non-hydrogen) atoms. The Hall–Kier alpha value is -2.67. The van der Waals surface area contributed by atoms with Crippen molar-refractivity contribution >= 4 is 34.9 Å². The van der Waals surface area contributed by atoms with Gasteiger partial charge in [-0.05, 0) is 50.5 Å². The van der Waals surface area contributed by atoms with Crippen LogP contribution in [-0.4, -0.2) is 28.2 Å². The number of anilines is 1. The molecule has 0 spiro atoms. The summed E-state index contributed by atoms with van der Waals surface area (Å²) in [6, 6.07) is 4.06. The molecule has 0 bridgehead atoms. The molecule has 2 N–H and O–H groups in total. The van der Waals surface area contributed by atoms with Crippen molar-refractivity contribution in [1.82, 2.24) is 9.88 Å². The van der Waals surface area contributed by atoms with E-state index in [0.717, 1.165) is 0 Å². The second-order valence-electron chi connectivity index (χ2n) is 6.92. The minimum absolute atomic E-state index is 0.0481. The minimum Gasteiger partial charge on any atom is -0.346 e. The average Bonchev–Trinajstić information content (AvgIpc) is 2.90. The molecule has 0 radical (unpaired) electrons. The standard InChI is InChI=1S/C21H25ClFN3O3/c1-6-13(7-2)24-21(29)19(27)18-17(22)16(12(4)26(18)5)20(28)25-14-8-9-15(23)11(3)10-14/h8-10,13H,6-7H2,1-5H3,(H,24,29)(H,25,28). The molecule has 2 amide bonds. The van der Waals surface area contributed by atoms with Crippen molar-refractivity contribution in [3.8, 4) is 0 Å². The van der Waals surface area contributed by atoms with Gasteiger partial charge in [0.1, 0.15) is 11.5 Å². The number of nitrogens with zero attached hydrogens (tertiary/aromatic N) is 1. The van der Waals surface area contributed by atoms with Gasteiger partial charge in [-0.15, -0.1) is 0 Å². The monoisotopic (exact) mass is 421 g/mol. The number of carbonyl (C=O) groups excluding carboxylic acids is 3. The van der Waals surface area contributed by atoms with E-state index in [2.05, 4.69) is 10.6 Å². The predicted octanol–water partition coefficient (Wildman–Crippen LogP) is 4.17. The van der Waals surface area contributed by atoms with E-state index in [0.29, 0.717) is 29.8 Å². The van der Waals surface area contributed by atoms with Crippen LogP contribution in [0.25, 0.3) is 0 Å². The third-order valence-corrected chi connectivity index (χ3v) is 5.38. The highest BCUT2D eigenvalue weighted by atomic mass is 35.5. The van der Waals surface area contributed by atoms with Crippen LogP contribution in [0.3, 0.4) is 0 Å². The third kappa shape index (κ3) is 4.67. The van der Waals surface area contributed by atoms with E-state index >= 15 is 0 Å². The average molecular weight is 422 g/mol. The molecular weight excluding hydrogens is 397 g/mol. The summed E-state index contributed by atoms with van der Waals surface area (Å²) in [5.74, 6) is -2.49. The first kappa shape index (κ1) is 22.6. The second kappa shape index (κ2) is 9.22. The van der Waals surface area contributed by atoms with Crippen LogP contribution in [0.5, 0.6) is 0 Å². The maximum atomic E-state index is 13.4. The lowest BCUT2D eigenvalue weighted by molar-refractivity contribution is -0.117. The predicted molar refractivity (Wildman–Crippen MR) is 111 cm³/mol. The normalized spacial score (nSPS) is 10.9. The van der Waals surface area contributed by atoms with E-state index in [9.17, 15) is 18.8 Å². The molecule has 0 aliphatic carbocycles. The Balaban J connectivity index is 2.33. The van der Waals surface area contributed by atoms with Crippen molar-refractivity contribution in [2.45, 2.75) is 46.6 Å². The van der Waals surface area contributed by atoms with Crippen LogP contribution in [-0.2, 0) is 11.8 Å². The molecule has 0 aliphatic heterocycles. The number of benzene rings is 1. The fraction of sp³-hybridized carbons (Fsp3) is 0.381. The Morgan fingerprint density at radius 1 is 1.17 bits per heavy atom. The van der Waals surface area contributed by atoms with Crippen LogP contribution in [0, 0.1) is 19.7 Å². The lowest BCUT2D eigenvalue weighted by Gasteiger charge is -2.14. The molecular formula is C21H25ClFN3O3. The summed E-state index contributed by atoms with van der Waals surface area (Å²) in [4.78, 5) is 37.8. The van der Waals surface area contributed by atoms with E-state index in [1.54, 1.807) is 20.9 Å². The Labute approximate surface area is 174 Å². The Morgan fingerprint density at radius 3 is 2.34 bits per heavy atom. The van der Waals surface area contributed by atoms with Gasteiger partial charge < -0.3 is 15.2 Å². The second-order valence-corrected chi connectivity index (χ2v) is 7.29. The van der Waals surface area contributed by atoms with Gasteiger partial charge in [0.25, 0.3) is 17.6 Å². The van der Waals surface area contributed by atoms with Gasteiger partial charge >= 0.3 is 0 Å². The van der Waals surface area contributed by atoms with Crippen molar-refractivity contribution < 1.29 is 18.8 Å². The van der Waals surface area contributed by atoms with Crippen LogP contribution in [0.1, 0.15) is 58.8 Å². The number of carbonyl (C=O) groups is 3. The van der Waals surface area contributed by atoms with Crippen molar-refractivity contribution in [3.05, 3.63) is 51.6 Å². The molecule has 0 unspecified atom stereocenters. The number of hydrogen-bond acceptors (Lipinski definition) is 3. The summed E-state index contributed by atoms with van der Waals surface area (Å²) in [6.45, 7) is 7.05. The highest BCUT2D eigenvalue weighted by molar-refractivity contribution is 6.48. The van der Waals surface area contributed by atoms with E-state index in [4.69, 9.17) is 11.6 Å². The number of ketones is 1. The Kier molecular flexibility index (Phi) is 7.19. The molecule has 1 aromatic heterocycles. The first-order valence-electron chi connectivity index (χ1n) is 9.39. The molecule has 0 atom stereocenters. The summed E-state index contributed by atoms with van der Waals surface area (Å²) < 4.78 is 14.9. The first-order valence-corrected chi connectivity index (χ1v) is 9.77. The van der Waals surface area contributed by atoms with Crippen molar-refractivity contribution in [3.63, 3.8) is 0 Å². The maximum absolute atomic E-state index is 13.4. The van der Waals surface area contributed by atoms with Gasteiger partial charge in [0, 0.05) is 24.5 Å². The summed E-state index contributed by atoms with van der Waals surface area (Å²) in [5, 5.41) is 5.24. The minimum atomic E-state index is -0.802. The van der Waals surface area contributed by atoms with E-state index < -0.39 is 17.6 Å². The fourth-order valence-corrected chi connectivity index (χ4v) is 3.48. The SMILES string of the molecule is CCC(CC)NC(=O)C(=O)c1c(Cl)c(C(=O)Nc2ccc(F)c(C)c2)c(C)n1C. The lowest BCUT2D eigenvalue weighted by atomic mass is 10.1. The van der Waals surface area contributed by atoms with Gasteiger partial charge in [0.15, 0.2) is 0 Å². The van der Waals surface area contributed by atoms with Gasteiger partial charge in [0.05, 0.1) is 10.6 Å². The smallest absolute Gasteiger partial charge is 0.294 e. The zero-order valence-electron chi connectivity index (χ0n) is 17.2. The van der Waals surface area contributed by atoms with E-state index in [1.807, 2.05) is 13.8 Å². The van der Waals surface area contributed by atoms with E-state index in [1.165, 1.54) is 22.8 Å². The van der Waals surface area contributed by atoms with Crippen LogP contribution in [0.4, 0.5) is 10.1 Å². The molecule has 1 aromatic carbocycles. The number of hydrogen-bond donors (Lipinski definition) is 2. The maximum Gasteiger partial charge on any atom is 0.294 e. The van der Waals surface area contributed by atoms with E-state index in [-0.39, 0.29) is 28.1 Å². The molecule has 0 saturated heterocycles. The van der Waals surface area contributed by atoms with Crippen LogP contribution >= 0.6 is 11.6 Å². The van der Waals surface area contributed by atoms with Crippen LogP contribution in [0.15, 0.2) is 18.2 Å². The van der Waals surface area contributed by atoms with Gasteiger partial charge in [-0.1, -0.05) is 25.4 Å². The zero-order chi connectivity index (χ0) is 21.9. The summed E-state index contributed by atoms with van der Waals surface area (Å²) >= 11 is 6.35. The number of Topliss-reactive ketones (excluding diaryl/α,β-unsaturated/α-hetero) is 1. The number of halogens is 2. The molecule has 2 rings (SSSR count). The number of rotatable bonds is 7. The van der Waals surface area contributed by atoms with Gasteiger partial charge in [-0.3, -0.25) is 14.4 Å². The topological polar surface area (TPSA) is 80.2 Å². The quantitative estimate of drug-likeness (QED) is 0.520. The Bertz CT molecular complexity index is 965. The molecule has 156 valence electrons. The van der Waals surface area contributed by atoms with Gasteiger partial charge in [-0.25, -0.2) is 4.39 Å². The largest absolute Gasteiger partial charge is 0.346 e. The molecule has 8 heteroatoms. The van der Waals surface area contributed by atoms with Gasteiger partial charge in [-0.2, -0.15) is 0 Å². The van der Waals surface area contributed by atoms with Crippen molar-refractivity contribution in [2.24, 2.45) is 7.05 Å². The third-order valence-electron chi connectivity index (χ3n) is 5.01. The fourth-order valence-electron chi connectivity index (χ4n) is 3.04. The van der Waals surface area contributed by atoms with Crippen LogP contribution < -0.4 is 10.6 Å². The number of amides is 2. The number of nitrogens with one attached hydrogen (secondary N) is 2. The molecule has 1 heterocycles. The number of aromatic nitrogens is 1. The zero-order valence-corrected chi connectivity index (χ0v) is 17.9. The van der Waals surface area contributed by atoms with Crippen molar-refractivity contribution in [2.75, 3.05) is 5.32 Å². The highest BCUT2D eigenvalue weighted by Gasteiger charge is 2.30. The molecule has 0 aliphatic rings. The molecule has 0 fully saturated rings. The molecule has 2 aromatic rings. The first-order chi connectivity index (χ1) is 13.6. The molecule has 0 saturated carbocycles. The van der Waals surface area contributed by atoms with Crippen molar-refractivity contribution in [1.29, 1.82) is 0 Å². The van der Waals surface area contributed by atoms with Gasteiger partial charge in [0.2, 0.25) is 0 Å². The number of aryl methyl sites for hydroxylation is 1. The lowest BCUT2D eigenvalue weighted by Crippen LogP contribution is -2.39. The molecule has 6 nitrogen and oxygen atoms in total. The summed E-state index contributed by atoms with van der Waals surface area (Å²) in [5.41, 5.74) is 1.26. The summed E-state index contributed by atoms with van der Waals surface area (Å²) in [7, 11) is 1.57. The summed E-state index contributed by atoms with van der Waals surface area (Å²) in [6.07, 6.45) is 1.39. The Morgan fingerprint density at radius 2 is 1.79 bits per heavy atom.